The molecule has 1 atom stereocenters. The largest absolute Gasteiger partial charge is 0.384 e. The molecular formula is C24H27N3O2. The molecule has 0 saturated carbocycles. The minimum atomic E-state index is 0.0473. The number of rotatable bonds is 4. The molecule has 1 aliphatic carbocycles. The second kappa shape index (κ2) is 6.90. The number of piperidine rings is 1. The zero-order valence-electron chi connectivity index (χ0n) is 17.3. The van der Waals surface area contributed by atoms with Gasteiger partial charge in [-0.3, -0.25) is 4.79 Å². The number of fused-ring (bicyclic) bond motifs is 2. The van der Waals surface area contributed by atoms with Crippen molar-refractivity contribution in [2.75, 3.05) is 29.9 Å². The van der Waals surface area contributed by atoms with Crippen LogP contribution in [0.4, 0.5) is 11.4 Å². The molecule has 1 unspecified atom stereocenters. The van der Waals surface area contributed by atoms with Crippen molar-refractivity contribution in [1.82, 2.24) is 5.16 Å². The van der Waals surface area contributed by atoms with Gasteiger partial charge in [-0.15, -0.1) is 0 Å². The second-order valence-electron chi connectivity index (χ2n) is 8.90. The third kappa shape index (κ3) is 2.91. The number of nitrogens with zero attached hydrogens (tertiary/aromatic N) is 2. The maximum Gasteiger partial charge on any atom is 0.196 e. The van der Waals surface area contributed by atoms with Gasteiger partial charge in [-0.25, -0.2) is 0 Å². The van der Waals surface area contributed by atoms with Crippen LogP contribution in [0.25, 0.3) is 22.2 Å². The molecule has 0 spiro atoms. The molecule has 5 heteroatoms. The SMILES string of the molecule is CC(C)CNc1cc(N2CCCC(C)C2)c2noc3c2c1C(=O)c1ccccc1-3. The van der Waals surface area contributed by atoms with Gasteiger partial charge in [-0.2, -0.15) is 0 Å². The predicted octanol–water partition coefficient (Wildman–Crippen LogP) is 5.34. The lowest BCUT2D eigenvalue weighted by molar-refractivity contribution is 0.104. The van der Waals surface area contributed by atoms with Crippen molar-refractivity contribution in [2.24, 2.45) is 11.8 Å². The van der Waals surface area contributed by atoms with Gasteiger partial charge in [0.15, 0.2) is 11.5 Å². The zero-order chi connectivity index (χ0) is 20.1. The Kier molecular flexibility index (Phi) is 4.34. The summed E-state index contributed by atoms with van der Waals surface area (Å²) >= 11 is 0. The number of hydrogen-bond acceptors (Lipinski definition) is 5. The van der Waals surface area contributed by atoms with Crippen molar-refractivity contribution in [3.05, 3.63) is 41.5 Å². The van der Waals surface area contributed by atoms with E-state index in [2.05, 4.69) is 42.2 Å². The Morgan fingerprint density at radius 2 is 2.07 bits per heavy atom. The number of nitrogens with one attached hydrogen (secondary N) is 1. The number of carbonyl (C=O) groups excluding carboxylic acids is 1. The van der Waals surface area contributed by atoms with E-state index < -0.39 is 0 Å². The van der Waals surface area contributed by atoms with E-state index in [1.54, 1.807) is 0 Å². The molecule has 1 fully saturated rings. The molecular weight excluding hydrogens is 362 g/mol. The van der Waals surface area contributed by atoms with Crippen molar-refractivity contribution in [1.29, 1.82) is 0 Å². The highest BCUT2D eigenvalue weighted by Crippen LogP contribution is 2.46. The first-order valence-corrected chi connectivity index (χ1v) is 10.6. The highest BCUT2D eigenvalue weighted by atomic mass is 16.5. The van der Waals surface area contributed by atoms with E-state index in [9.17, 15) is 4.79 Å². The lowest BCUT2D eigenvalue weighted by atomic mass is 9.86. The van der Waals surface area contributed by atoms with Gasteiger partial charge < -0.3 is 14.7 Å². The lowest BCUT2D eigenvalue weighted by Gasteiger charge is -2.33. The maximum absolute atomic E-state index is 13.5. The molecule has 2 aliphatic rings. The van der Waals surface area contributed by atoms with Crippen LogP contribution >= 0.6 is 0 Å². The minimum Gasteiger partial charge on any atom is -0.384 e. The summed E-state index contributed by atoms with van der Waals surface area (Å²) in [6, 6.07) is 9.80. The normalized spacial score (nSPS) is 18.4. The molecule has 3 aromatic rings. The summed E-state index contributed by atoms with van der Waals surface area (Å²) < 4.78 is 5.85. The van der Waals surface area contributed by atoms with Gasteiger partial charge in [0.25, 0.3) is 0 Å². The number of ketones is 1. The maximum atomic E-state index is 13.5. The average Bonchev–Trinajstić information content (AvgIpc) is 3.15. The van der Waals surface area contributed by atoms with Gasteiger partial charge in [0, 0.05) is 36.4 Å². The Labute approximate surface area is 171 Å². The Morgan fingerprint density at radius 3 is 2.83 bits per heavy atom. The molecule has 1 aliphatic heterocycles. The van der Waals surface area contributed by atoms with Gasteiger partial charge in [0.05, 0.1) is 16.6 Å². The van der Waals surface area contributed by atoms with Gasteiger partial charge >= 0.3 is 0 Å². The van der Waals surface area contributed by atoms with Crippen LogP contribution < -0.4 is 10.2 Å². The van der Waals surface area contributed by atoms with E-state index in [1.165, 1.54) is 12.8 Å². The molecule has 29 heavy (non-hydrogen) atoms. The zero-order valence-corrected chi connectivity index (χ0v) is 17.3. The fraction of sp³-hybridized carbons (Fsp3) is 0.417. The number of benzene rings is 2. The quantitative estimate of drug-likeness (QED) is 0.510. The summed E-state index contributed by atoms with van der Waals surface area (Å²) in [5.41, 5.74) is 5.00. The van der Waals surface area contributed by atoms with Crippen molar-refractivity contribution in [3.8, 4) is 11.3 Å². The molecule has 1 N–H and O–H groups in total. The van der Waals surface area contributed by atoms with Gasteiger partial charge in [-0.1, -0.05) is 50.2 Å². The highest BCUT2D eigenvalue weighted by molar-refractivity contribution is 6.28. The van der Waals surface area contributed by atoms with Crippen molar-refractivity contribution in [3.63, 3.8) is 0 Å². The summed E-state index contributed by atoms with van der Waals surface area (Å²) in [7, 11) is 0. The number of aromatic nitrogens is 1. The first kappa shape index (κ1) is 18.2. The van der Waals surface area contributed by atoms with Crippen LogP contribution in [0.1, 0.15) is 49.5 Å². The second-order valence-corrected chi connectivity index (χ2v) is 8.90. The molecule has 0 bridgehead atoms. The third-order valence-corrected chi connectivity index (χ3v) is 6.08. The van der Waals surface area contributed by atoms with Crippen LogP contribution in [0, 0.1) is 11.8 Å². The fourth-order valence-electron chi connectivity index (χ4n) is 4.65. The van der Waals surface area contributed by atoms with E-state index in [0.717, 1.165) is 47.5 Å². The summed E-state index contributed by atoms with van der Waals surface area (Å²) in [5, 5.41) is 8.86. The molecule has 2 heterocycles. The van der Waals surface area contributed by atoms with Crippen LogP contribution in [0.3, 0.4) is 0 Å². The van der Waals surface area contributed by atoms with E-state index >= 15 is 0 Å². The predicted molar refractivity (Wildman–Crippen MR) is 117 cm³/mol. The van der Waals surface area contributed by atoms with Crippen molar-refractivity contribution >= 4 is 28.1 Å². The molecule has 1 saturated heterocycles. The Hall–Kier alpha value is -2.82. The summed E-state index contributed by atoms with van der Waals surface area (Å²) in [6.07, 6.45) is 2.43. The summed E-state index contributed by atoms with van der Waals surface area (Å²) in [4.78, 5) is 15.9. The average molecular weight is 389 g/mol. The minimum absolute atomic E-state index is 0.0473. The standard InChI is InChI=1S/C24H27N3O2/c1-14(2)12-25-18-11-19(27-10-6-7-15(3)13-27)22-21-20(18)23(28)16-8-4-5-9-17(16)24(21)29-26-22/h4-5,8-9,11,14-15,25H,6-7,10,12-13H2,1-3H3. The fourth-order valence-corrected chi connectivity index (χ4v) is 4.65. The topological polar surface area (TPSA) is 58.4 Å². The van der Waals surface area contributed by atoms with Crippen molar-refractivity contribution in [2.45, 2.75) is 33.6 Å². The Bertz CT molecular complexity index is 1100. The van der Waals surface area contributed by atoms with E-state index in [4.69, 9.17) is 4.52 Å². The van der Waals surface area contributed by atoms with Crippen LogP contribution in [-0.2, 0) is 0 Å². The monoisotopic (exact) mass is 389 g/mol. The van der Waals surface area contributed by atoms with Gasteiger partial charge in [0.2, 0.25) is 0 Å². The van der Waals surface area contributed by atoms with E-state index in [1.807, 2.05) is 24.3 Å². The Balaban J connectivity index is 1.75. The number of carbonyl (C=O) groups is 1. The van der Waals surface area contributed by atoms with E-state index in [-0.39, 0.29) is 5.78 Å². The van der Waals surface area contributed by atoms with Gasteiger partial charge in [-0.05, 0) is 30.7 Å². The molecule has 2 aromatic carbocycles. The molecule has 1 aromatic heterocycles. The number of anilines is 2. The molecule has 0 amide bonds. The third-order valence-electron chi connectivity index (χ3n) is 6.08. The first-order chi connectivity index (χ1) is 14.0. The molecule has 5 nitrogen and oxygen atoms in total. The number of hydrogen-bond donors (Lipinski definition) is 1. The Morgan fingerprint density at radius 1 is 1.28 bits per heavy atom. The van der Waals surface area contributed by atoms with Crippen LogP contribution in [-0.4, -0.2) is 30.6 Å². The highest BCUT2D eigenvalue weighted by Gasteiger charge is 2.34. The summed E-state index contributed by atoms with van der Waals surface area (Å²) in [5.74, 6) is 1.88. The molecule has 150 valence electrons. The van der Waals surface area contributed by atoms with Crippen molar-refractivity contribution < 1.29 is 9.32 Å². The molecule has 5 rings (SSSR count). The smallest absolute Gasteiger partial charge is 0.196 e. The first-order valence-electron chi connectivity index (χ1n) is 10.6. The lowest BCUT2D eigenvalue weighted by Crippen LogP contribution is -2.34. The summed E-state index contributed by atoms with van der Waals surface area (Å²) in [6.45, 7) is 9.47. The van der Waals surface area contributed by atoms with Gasteiger partial charge in [0.1, 0.15) is 5.52 Å². The van der Waals surface area contributed by atoms with Crippen LogP contribution in [0.5, 0.6) is 0 Å². The molecule has 0 radical (unpaired) electrons. The van der Waals surface area contributed by atoms with E-state index in [0.29, 0.717) is 28.7 Å². The van der Waals surface area contributed by atoms with Crippen LogP contribution in [0.15, 0.2) is 34.9 Å². The van der Waals surface area contributed by atoms with Crippen LogP contribution in [0.2, 0.25) is 0 Å².